The smallest absolute Gasteiger partial charge is 0.280 e. The van der Waals surface area contributed by atoms with Gasteiger partial charge in [0.2, 0.25) is 5.91 Å². The van der Waals surface area contributed by atoms with Gasteiger partial charge in [0.25, 0.3) is 5.56 Å². The number of fused-ring (bicyclic) bond motifs is 1. The van der Waals surface area contributed by atoms with Crippen LogP contribution >= 0.6 is 11.8 Å². The van der Waals surface area contributed by atoms with Gasteiger partial charge in [-0.15, -0.1) is 0 Å². The number of aromatic nitrogens is 4. The van der Waals surface area contributed by atoms with Gasteiger partial charge in [-0.3, -0.25) is 18.8 Å². The summed E-state index contributed by atoms with van der Waals surface area (Å²) in [6.07, 6.45) is 0.846. The predicted octanol–water partition coefficient (Wildman–Crippen LogP) is 3.54. The number of hydrogen-bond donors (Lipinski definition) is 1. The van der Waals surface area contributed by atoms with E-state index in [1.165, 1.54) is 11.8 Å². The molecule has 8 heteroatoms. The monoisotopic (exact) mass is 413 g/mol. The first-order valence-electron chi connectivity index (χ1n) is 9.90. The Morgan fingerprint density at radius 3 is 2.59 bits per heavy atom. The average molecular weight is 414 g/mol. The second-order valence-corrected chi connectivity index (χ2v) is 7.78. The minimum Gasteiger partial charge on any atom is -0.325 e. The fourth-order valence-corrected chi connectivity index (χ4v) is 4.27. The maximum atomic E-state index is 13.0. The summed E-state index contributed by atoms with van der Waals surface area (Å²) in [6.45, 7) is 10.8. The highest BCUT2D eigenvalue weighted by molar-refractivity contribution is 7.99. The molecule has 1 N–H and O–H groups in total. The molecule has 0 aliphatic carbocycles. The summed E-state index contributed by atoms with van der Waals surface area (Å²) in [5, 5.41) is 7.98. The molecule has 0 atom stereocenters. The molecule has 0 aliphatic rings. The SMILES string of the molecule is CCc1cccc(C)c1NC(=O)CSc1nc2c(C)nn(CC)c2c(=O)n1CC. The van der Waals surface area contributed by atoms with Crippen molar-refractivity contribution in [3.63, 3.8) is 0 Å². The van der Waals surface area contributed by atoms with Gasteiger partial charge >= 0.3 is 0 Å². The molecule has 2 heterocycles. The molecule has 0 saturated heterocycles. The van der Waals surface area contributed by atoms with Gasteiger partial charge in [-0.05, 0) is 45.2 Å². The third-order valence-corrected chi connectivity index (χ3v) is 5.91. The molecule has 7 nitrogen and oxygen atoms in total. The van der Waals surface area contributed by atoms with Crippen LogP contribution in [-0.4, -0.2) is 31.0 Å². The Labute approximate surface area is 174 Å². The number of nitrogens with one attached hydrogen (secondary N) is 1. The first kappa shape index (κ1) is 21.1. The zero-order valence-electron chi connectivity index (χ0n) is 17.6. The highest BCUT2D eigenvalue weighted by Gasteiger charge is 2.18. The Hall–Kier alpha value is -2.61. The molecule has 0 aliphatic heterocycles. The second kappa shape index (κ2) is 8.82. The number of nitrogens with zero attached hydrogens (tertiary/aromatic N) is 4. The van der Waals surface area contributed by atoms with E-state index < -0.39 is 0 Å². The Bertz CT molecular complexity index is 1120. The minimum absolute atomic E-state index is 0.114. The molecule has 0 spiro atoms. The van der Waals surface area contributed by atoms with Gasteiger partial charge in [-0.25, -0.2) is 4.98 Å². The van der Waals surface area contributed by atoms with Crippen molar-refractivity contribution in [3.8, 4) is 0 Å². The van der Waals surface area contributed by atoms with E-state index in [9.17, 15) is 9.59 Å². The summed E-state index contributed by atoms with van der Waals surface area (Å²) in [6, 6.07) is 6.00. The summed E-state index contributed by atoms with van der Waals surface area (Å²) < 4.78 is 3.30. The highest BCUT2D eigenvalue weighted by Crippen LogP contribution is 2.23. The molecular weight excluding hydrogens is 386 g/mol. The van der Waals surface area contributed by atoms with Crippen molar-refractivity contribution in [3.05, 3.63) is 45.4 Å². The van der Waals surface area contributed by atoms with Crippen LogP contribution in [0.15, 0.2) is 28.2 Å². The van der Waals surface area contributed by atoms with Crippen LogP contribution in [0.1, 0.15) is 37.6 Å². The second-order valence-electron chi connectivity index (χ2n) is 6.84. The lowest BCUT2D eigenvalue weighted by Crippen LogP contribution is -2.25. The number of carbonyl (C=O) groups excluding carboxylic acids is 1. The lowest BCUT2D eigenvalue weighted by molar-refractivity contribution is -0.113. The van der Waals surface area contributed by atoms with Crippen molar-refractivity contribution in [2.75, 3.05) is 11.1 Å². The van der Waals surface area contributed by atoms with Crippen LogP contribution in [-0.2, 0) is 24.3 Å². The molecule has 1 aromatic carbocycles. The Kier molecular flexibility index (Phi) is 6.42. The normalized spacial score (nSPS) is 11.2. The summed E-state index contributed by atoms with van der Waals surface area (Å²) in [5.41, 5.74) is 4.75. The van der Waals surface area contributed by atoms with Crippen molar-refractivity contribution in [1.82, 2.24) is 19.3 Å². The molecule has 3 rings (SSSR count). The van der Waals surface area contributed by atoms with Gasteiger partial charge in [0.15, 0.2) is 10.7 Å². The number of aryl methyl sites for hydroxylation is 4. The predicted molar refractivity (Wildman–Crippen MR) is 118 cm³/mol. The molecule has 154 valence electrons. The zero-order chi connectivity index (χ0) is 21.1. The number of benzene rings is 1. The number of para-hydroxylation sites is 1. The van der Waals surface area contributed by atoms with E-state index in [0.717, 1.165) is 28.9 Å². The third-order valence-electron chi connectivity index (χ3n) is 4.93. The number of thioether (sulfide) groups is 1. The van der Waals surface area contributed by atoms with E-state index in [1.54, 1.807) is 9.25 Å². The fourth-order valence-electron chi connectivity index (χ4n) is 3.41. The average Bonchev–Trinajstić information content (AvgIpc) is 3.04. The van der Waals surface area contributed by atoms with Gasteiger partial charge in [0.1, 0.15) is 5.52 Å². The molecule has 3 aromatic rings. The summed E-state index contributed by atoms with van der Waals surface area (Å²) in [5.74, 6) is 0.0631. The molecule has 29 heavy (non-hydrogen) atoms. The number of rotatable bonds is 7. The number of amides is 1. The Morgan fingerprint density at radius 1 is 1.17 bits per heavy atom. The molecule has 0 bridgehead atoms. The van der Waals surface area contributed by atoms with E-state index in [4.69, 9.17) is 0 Å². The van der Waals surface area contributed by atoms with Gasteiger partial charge in [0, 0.05) is 18.8 Å². The first-order valence-corrected chi connectivity index (χ1v) is 10.9. The van der Waals surface area contributed by atoms with Crippen molar-refractivity contribution in [1.29, 1.82) is 0 Å². The highest BCUT2D eigenvalue weighted by atomic mass is 32.2. The van der Waals surface area contributed by atoms with Crippen molar-refractivity contribution in [2.45, 2.75) is 59.3 Å². The van der Waals surface area contributed by atoms with Crippen molar-refractivity contribution < 1.29 is 4.79 Å². The van der Waals surface area contributed by atoms with Crippen LogP contribution in [0.2, 0.25) is 0 Å². The van der Waals surface area contributed by atoms with E-state index in [2.05, 4.69) is 22.3 Å². The van der Waals surface area contributed by atoms with Gasteiger partial charge < -0.3 is 5.32 Å². The summed E-state index contributed by atoms with van der Waals surface area (Å²) >= 11 is 1.28. The molecule has 0 radical (unpaired) electrons. The molecule has 0 fully saturated rings. The maximum absolute atomic E-state index is 13.0. The minimum atomic E-state index is -0.116. The van der Waals surface area contributed by atoms with E-state index in [1.807, 2.05) is 45.9 Å². The van der Waals surface area contributed by atoms with Gasteiger partial charge in [-0.1, -0.05) is 36.9 Å². The quantitative estimate of drug-likeness (QED) is 0.473. The summed E-state index contributed by atoms with van der Waals surface area (Å²) in [7, 11) is 0. The Balaban J connectivity index is 1.86. The van der Waals surface area contributed by atoms with Crippen LogP contribution < -0.4 is 10.9 Å². The topological polar surface area (TPSA) is 81.8 Å². The first-order chi connectivity index (χ1) is 13.9. The van der Waals surface area contributed by atoms with Gasteiger partial charge in [0.05, 0.1) is 11.4 Å². The summed E-state index contributed by atoms with van der Waals surface area (Å²) in [4.78, 5) is 30.3. The molecule has 1 amide bonds. The third kappa shape index (κ3) is 4.07. The lowest BCUT2D eigenvalue weighted by Gasteiger charge is -2.14. The zero-order valence-corrected chi connectivity index (χ0v) is 18.4. The lowest BCUT2D eigenvalue weighted by atomic mass is 10.1. The van der Waals surface area contributed by atoms with Crippen LogP contribution in [0.3, 0.4) is 0 Å². The van der Waals surface area contributed by atoms with Gasteiger partial charge in [-0.2, -0.15) is 5.10 Å². The van der Waals surface area contributed by atoms with E-state index >= 15 is 0 Å². The molecule has 2 aromatic heterocycles. The number of anilines is 1. The van der Waals surface area contributed by atoms with E-state index in [-0.39, 0.29) is 17.2 Å². The van der Waals surface area contributed by atoms with Crippen molar-refractivity contribution in [2.24, 2.45) is 0 Å². The van der Waals surface area contributed by atoms with Crippen LogP contribution in [0.25, 0.3) is 11.0 Å². The van der Waals surface area contributed by atoms with Crippen LogP contribution in [0, 0.1) is 13.8 Å². The van der Waals surface area contributed by atoms with Crippen LogP contribution in [0.4, 0.5) is 5.69 Å². The standard InChI is InChI=1S/C21H27N5O2S/c1-6-15-11-9-10-13(4)17(15)22-16(27)12-29-21-23-18-14(5)24-26(8-3)19(18)20(28)25(21)7-2/h9-11H,6-8,12H2,1-5H3,(H,22,27). The Morgan fingerprint density at radius 2 is 1.93 bits per heavy atom. The number of hydrogen-bond acceptors (Lipinski definition) is 5. The fraction of sp³-hybridized carbons (Fsp3) is 0.429. The van der Waals surface area contributed by atoms with Crippen LogP contribution in [0.5, 0.6) is 0 Å². The maximum Gasteiger partial charge on any atom is 0.280 e. The van der Waals surface area contributed by atoms with Crippen molar-refractivity contribution >= 4 is 34.4 Å². The molecular formula is C21H27N5O2S. The molecule has 0 saturated carbocycles. The number of carbonyl (C=O) groups is 1. The van der Waals surface area contributed by atoms with E-state index in [0.29, 0.717) is 29.3 Å². The molecule has 0 unspecified atom stereocenters. The largest absolute Gasteiger partial charge is 0.325 e.